The fraction of sp³-hybridized carbons (Fsp3) is 0.350. The fourth-order valence-corrected chi connectivity index (χ4v) is 2.47. The summed E-state index contributed by atoms with van der Waals surface area (Å²) in [6.45, 7) is 6.84. The molecule has 0 aliphatic rings. The van der Waals surface area contributed by atoms with Crippen molar-refractivity contribution in [2.75, 3.05) is 11.9 Å². The van der Waals surface area contributed by atoms with Crippen molar-refractivity contribution in [2.24, 2.45) is 0 Å². The summed E-state index contributed by atoms with van der Waals surface area (Å²) in [5.74, 6) is -0.156. The molecule has 0 fully saturated rings. The third kappa shape index (κ3) is 4.83. The van der Waals surface area contributed by atoms with Gasteiger partial charge in [-0.1, -0.05) is 30.7 Å². The summed E-state index contributed by atoms with van der Waals surface area (Å²) < 4.78 is 0. The van der Waals surface area contributed by atoms with Crippen molar-refractivity contribution in [3.05, 3.63) is 64.7 Å². The molecule has 4 heteroatoms. The topological polar surface area (TPSA) is 61.4 Å². The zero-order chi connectivity index (χ0) is 17.5. The molecule has 4 nitrogen and oxygen atoms in total. The first-order valence-electron chi connectivity index (χ1n) is 8.35. The van der Waals surface area contributed by atoms with Crippen molar-refractivity contribution in [3.8, 4) is 0 Å². The molecule has 0 radical (unpaired) electrons. The van der Waals surface area contributed by atoms with Gasteiger partial charge in [0, 0.05) is 17.8 Å². The van der Waals surface area contributed by atoms with Crippen molar-refractivity contribution in [1.82, 2.24) is 5.32 Å². The maximum Gasteiger partial charge on any atom is 0.251 e. The van der Waals surface area contributed by atoms with Crippen LogP contribution >= 0.6 is 0 Å². The number of aryl methyl sites for hydroxylation is 2. The van der Waals surface area contributed by atoms with Crippen LogP contribution in [0.3, 0.4) is 0 Å². The number of hydrogen-bond donors (Lipinski definition) is 3. The summed E-state index contributed by atoms with van der Waals surface area (Å²) in [6, 6.07) is 13.6. The van der Waals surface area contributed by atoms with Gasteiger partial charge in [-0.05, 0) is 55.7 Å². The average Bonchev–Trinajstić information content (AvgIpc) is 2.60. The predicted octanol–water partition coefficient (Wildman–Crippen LogP) is 3.42. The van der Waals surface area contributed by atoms with Crippen LogP contribution in [0.15, 0.2) is 42.5 Å². The SMILES string of the molecule is CCC(CO)NC(=O)c1ccc(NCc2cc(C)ccc2C)cc1. The van der Waals surface area contributed by atoms with Crippen molar-refractivity contribution in [1.29, 1.82) is 0 Å². The Bertz CT molecular complexity index is 677. The van der Waals surface area contributed by atoms with E-state index in [1.165, 1.54) is 16.7 Å². The first-order chi connectivity index (χ1) is 11.5. The zero-order valence-corrected chi connectivity index (χ0v) is 14.6. The minimum Gasteiger partial charge on any atom is -0.394 e. The maximum atomic E-state index is 12.1. The van der Waals surface area contributed by atoms with Crippen LogP contribution < -0.4 is 10.6 Å². The van der Waals surface area contributed by atoms with Crippen LogP contribution in [0, 0.1) is 13.8 Å². The standard InChI is InChI=1S/C20H26N2O2/c1-4-18(13-23)22-20(24)16-7-9-19(10-8-16)21-12-17-11-14(2)5-6-15(17)3/h5-11,18,21,23H,4,12-13H2,1-3H3,(H,22,24). The van der Waals surface area contributed by atoms with Gasteiger partial charge in [-0.15, -0.1) is 0 Å². The number of carbonyl (C=O) groups excluding carboxylic acids is 1. The van der Waals surface area contributed by atoms with Gasteiger partial charge in [-0.25, -0.2) is 0 Å². The lowest BCUT2D eigenvalue weighted by Gasteiger charge is -2.14. The largest absolute Gasteiger partial charge is 0.394 e. The number of anilines is 1. The number of hydrogen-bond acceptors (Lipinski definition) is 3. The van der Waals surface area contributed by atoms with Gasteiger partial charge < -0.3 is 15.7 Å². The third-order valence-electron chi connectivity index (χ3n) is 4.18. The van der Waals surface area contributed by atoms with Crippen molar-refractivity contribution in [2.45, 2.75) is 39.8 Å². The Morgan fingerprint density at radius 3 is 2.46 bits per heavy atom. The molecule has 0 aliphatic heterocycles. The van der Waals surface area contributed by atoms with Gasteiger partial charge >= 0.3 is 0 Å². The van der Waals surface area contributed by atoms with Gasteiger partial charge in [0.2, 0.25) is 0 Å². The number of carbonyl (C=O) groups is 1. The van der Waals surface area contributed by atoms with Gasteiger partial charge in [0.05, 0.1) is 12.6 Å². The van der Waals surface area contributed by atoms with E-state index in [-0.39, 0.29) is 18.6 Å². The second-order valence-electron chi connectivity index (χ2n) is 6.12. The van der Waals surface area contributed by atoms with Gasteiger partial charge in [-0.2, -0.15) is 0 Å². The van der Waals surface area contributed by atoms with Crippen LogP contribution in [0.4, 0.5) is 5.69 Å². The molecule has 0 heterocycles. The van der Waals surface area contributed by atoms with Gasteiger partial charge in [0.1, 0.15) is 0 Å². The molecule has 0 aromatic heterocycles. The second-order valence-corrected chi connectivity index (χ2v) is 6.12. The molecule has 1 unspecified atom stereocenters. The molecular weight excluding hydrogens is 300 g/mol. The van der Waals surface area contributed by atoms with Crippen molar-refractivity contribution in [3.63, 3.8) is 0 Å². The lowest BCUT2D eigenvalue weighted by atomic mass is 10.1. The highest BCUT2D eigenvalue weighted by Crippen LogP contribution is 2.15. The van der Waals surface area contributed by atoms with E-state index in [1.54, 1.807) is 12.1 Å². The highest BCUT2D eigenvalue weighted by Gasteiger charge is 2.11. The monoisotopic (exact) mass is 326 g/mol. The molecule has 3 N–H and O–H groups in total. The number of benzene rings is 2. The lowest BCUT2D eigenvalue weighted by Crippen LogP contribution is -2.36. The number of rotatable bonds is 7. The van der Waals surface area contributed by atoms with Gasteiger partial charge in [0.25, 0.3) is 5.91 Å². The van der Waals surface area contributed by atoms with E-state index in [9.17, 15) is 4.79 Å². The van der Waals surface area contributed by atoms with Crippen LogP contribution in [0.1, 0.15) is 40.4 Å². The van der Waals surface area contributed by atoms with E-state index < -0.39 is 0 Å². The van der Waals surface area contributed by atoms with E-state index in [2.05, 4.69) is 42.7 Å². The molecule has 0 bridgehead atoms. The second kappa shape index (κ2) is 8.50. The van der Waals surface area contributed by atoms with E-state index in [0.717, 1.165) is 12.2 Å². The highest BCUT2D eigenvalue weighted by molar-refractivity contribution is 5.94. The van der Waals surface area contributed by atoms with Crippen LogP contribution in [-0.4, -0.2) is 23.7 Å². The summed E-state index contributed by atoms with van der Waals surface area (Å²) in [5, 5.41) is 15.4. The summed E-state index contributed by atoms with van der Waals surface area (Å²) in [6.07, 6.45) is 0.706. The minimum atomic E-state index is -0.195. The quantitative estimate of drug-likeness (QED) is 0.730. The summed E-state index contributed by atoms with van der Waals surface area (Å²) in [5.41, 5.74) is 5.35. The third-order valence-corrected chi connectivity index (χ3v) is 4.18. The first-order valence-corrected chi connectivity index (χ1v) is 8.35. The number of nitrogens with one attached hydrogen (secondary N) is 2. The van der Waals surface area contributed by atoms with Crippen LogP contribution in [0.2, 0.25) is 0 Å². The van der Waals surface area contributed by atoms with E-state index in [1.807, 2.05) is 19.1 Å². The molecule has 24 heavy (non-hydrogen) atoms. The Hall–Kier alpha value is -2.33. The Labute approximate surface area is 143 Å². The molecule has 0 aliphatic carbocycles. The molecule has 2 rings (SSSR count). The minimum absolute atomic E-state index is 0.0439. The zero-order valence-electron chi connectivity index (χ0n) is 14.6. The Morgan fingerprint density at radius 2 is 1.83 bits per heavy atom. The molecule has 1 atom stereocenters. The molecule has 128 valence electrons. The Morgan fingerprint density at radius 1 is 1.12 bits per heavy atom. The van der Waals surface area contributed by atoms with E-state index >= 15 is 0 Å². The van der Waals surface area contributed by atoms with Gasteiger partial charge in [0.15, 0.2) is 0 Å². The van der Waals surface area contributed by atoms with E-state index in [4.69, 9.17) is 5.11 Å². The number of aliphatic hydroxyl groups excluding tert-OH is 1. The van der Waals surface area contributed by atoms with Crippen molar-refractivity contribution < 1.29 is 9.90 Å². The van der Waals surface area contributed by atoms with Crippen LogP contribution in [-0.2, 0) is 6.54 Å². The van der Waals surface area contributed by atoms with Gasteiger partial charge in [-0.3, -0.25) is 4.79 Å². The maximum absolute atomic E-state index is 12.1. The average molecular weight is 326 g/mol. The Balaban J connectivity index is 1.97. The Kier molecular flexibility index (Phi) is 6.38. The molecule has 2 aromatic rings. The van der Waals surface area contributed by atoms with Crippen molar-refractivity contribution >= 4 is 11.6 Å². The predicted molar refractivity (Wildman–Crippen MR) is 98.3 cm³/mol. The normalized spacial score (nSPS) is 11.8. The fourth-order valence-electron chi connectivity index (χ4n) is 2.47. The molecule has 2 aromatic carbocycles. The van der Waals surface area contributed by atoms with Crippen LogP contribution in [0.25, 0.3) is 0 Å². The molecule has 0 saturated carbocycles. The number of amides is 1. The molecule has 1 amide bonds. The summed E-state index contributed by atoms with van der Waals surface area (Å²) in [7, 11) is 0. The smallest absolute Gasteiger partial charge is 0.251 e. The molecule has 0 saturated heterocycles. The molecular formula is C20H26N2O2. The summed E-state index contributed by atoms with van der Waals surface area (Å²) >= 11 is 0. The van der Waals surface area contributed by atoms with E-state index in [0.29, 0.717) is 12.0 Å². The lowest BCUT2D eigenvalue weighted by molar-refractivity contribution is 0.0915. The number of aliphatic hydroxyl groups is 1. The molecule has 0 spiro atoms. The van der Waals surface area contributed by atoms with Crippen LogP contribution in [0.5, 0.6) is 0 Å². The first kappa shape index (κ1) is 18.0. The summed E-state index contributed by atoms with van der Waals surface area (Å²) in [4.78, 5) is 12.1. The highest BCUT2D eigenvalue weighted by atomic mass is 16.3.